The summed E-state index contributed by atoms with van der Waals surface area (Å²) in [7, 11) is 1.27. The third-order valence-electron chi connectivity index (χ3n) is 4.75. The number of nitrogens with zero attached hydrogens (tertiary/aromatic N) is 4. The Balaban J connectivity index is 1.52. The van der Waals surface area contributed by atoms with E-state index in [1.54, 1.807) is 28.8 Å². The molecule has 0 atom stereocenters. The molecule has 0 saturated carbocycles. The number of rotatable bonds is 5. The molecule has 1 N–H and O–H groups in total. The number of halogens is 3. The summed E-state index contributed by atoms with van der Waals surface area (Å²) in [6.07, 6.45) is -2.09. The Hall–Kier alpha value is -3.89. The SMILES string of the molecule is COC(=O)c1cn(CC(=O)NCc2nnc3ccc(C(F)(F)F)cn23)c2ccccc12. The van der Waals surface area contributed by atoms with E-state index in [4.69, 9.17) is 4.74 Å². The van der Waals surface area contributed by atoms with Crippen LogP contribution in [0.4, 0.5) is 13.2 Å². The van der Waals surface area contributed by atoms with E-state index in [-0.39, 0.29) is 24.6 Å². The molecule has 4 aromatic rings. The second kappa shape index (κ2) is 7.74. The highest BCUT2D eigenvalue weighted by Gasteiger charge is 2.31. The van der Waals surface area contributed by atoms with Gasteiger partial charge in [-0.2, -0.15) is 13.2 Å². The van der Waals surface area contributed by atoms with Gasteiger partial charge in [-0.05, 0) is 18.2 Å². The molecule has 0 saturated heterocycles. The molecule has 4 rings (SSSR count). The van der Waals surface area contributed by atoms with E-state index in [2.05, 4.69) is 15.5 Å². The molecule has 0 aliphatic heterocycles. The minimum Gasteiger partial charge on any atom is -0.465 e. The molecule has 3 aromatic heterocycles. The van der Waals surface area contributed by atoms with Crippen molar-refractivity contribution in [2.45, 2.75) is 19.3 Å². The van der Waals surface area contributed by atoms with E-state index in [0.717, 1.165) is 12.3 Å². The van der Waals surface area contributed by atoms with Gasteiger partial charge in [-0.25, -0.2) is 4.79 Å². The predicted molar refractivity (Wildman–Crippen MR) is 103 cm³/mol. The quantitative estimate of drug-likeness (QED) is 0.491. The third-order valence-corrected chi connectivity index (χ3v) is 4.75. The first-order chi connectivity index (χ1) is 14.8. The molecule has 11 heteroatoms. The molecule has 31 heavy (non-hydrogen) atoms. The van der Waals surface area contributed by atoms with Crippen LogP contribution in [0.2, 0.25) is 0 Å². The first kappa shape index (κ1) is 20.4. The summed E-state index contributed by atoms with van der Waals surface area (Å²) in [5.41, 5.74) is 0.382. The summed E-state index contributed by atoms with van der Waals surface area (Å²) in [4.78, 5) is 24.5. The average molecular weight is 431 g/mol. The van der Waals surface area contributed by atoms with E-state index < -0.39 is 23.6 Å². The van der Waals surface area contributed by atoms with Gasteiger partial charge in [-0.1, -0.05) is 18.2 Å². The number of carbonyl (C=O) groups is 2. The number of hydrogen-bond donors (Lipinski definition) is 1. The van der Waals surface area contributed by atoms with Crippen LogP contribution < -0.4 is 5.32 Å². The van der Waals surface area contributed by atoms with Crippen LogP contribution in [-0.2, 0) is 28.8 Å². The van der Waals surface area contributed by atoms with Crippen LogP contribution in [0.15, 0.2) is 48.8 Å². The highest BCUT2D eigenvalue weighted by atomic mass is 19.4. The molecule has 0 aliphatic carbocycles. The molecule has 0 fully saturated rings. The first-order valence-corrected chi connectivity index (χ1v) is 9.11. The maximum Gasteiger partial charge on any atom is 0.417 e. The highest BCUT2D eigenvalue weighted by molar-refractivity contribution is 6.04. The normalized spacial score (nSPS) is 11.7. The van der Waals surface area contributed by atoms with Crippen LogP contribution in [0, 0.1) is 0 Å². The van der Waals surface area contributed by atoms with Crippen LogP contribution >= 0.6 is 0 Å². The van der Waals surface area contributed by atoms with E-state index in [9.17, 15) is 22.8 Å². The lowest BCUT2D eigenvalue weighted by molar-refractivity contribution is -0.137. The Morgan fingerprint density at radius 3 is 2.61 bits per heavy atom. The van der Waals surface area contributed by atoms with Crippen LogP contribution in [0.3, 0.4) is 0 Å². The van der Waals surface area contributed by atoms with Crippen molar-refractivity contribution in [2.24, 2.45) is 0 Å². The summed E-state index contributed by atoms with van der Waals surface area (Å²) in [5, 5.41) is 10.9. The lowest BCUT2D eigenvalue weighted by atomic mass is 10.2. The molecule has 1 aromatic carbocycles. The second-order valence-corrected chi connectivity index (χ2v) is 6.72. The number of pyridine rings is 1. The summed E-state index contributed by atoms with van der Waals surface area (Å²) in [5.74, 6) is -0.784. The molecule has 8 nitrogen and oxygen atoms in total. The van der Waals surface area contributed by atoms with Crippen LogP contribution in [-0.4, -0.2) is 38.2 Å². The van der Waals surface area contributed by atoms with E-state index in [1.807, 2.05) is 0 Å². The number of hydrogen-bond acceptors (Lipinski definition) is 5. The second-order valence-electron chi connectivity index (χ2n) is 6.72. The van der Waals surface area contributed by atoms with Gasteiger partial charge in [0.25, 0.3) is 0 Å². The summed E-state index contributed by atoms with van der Waals surface area (Å²) >= 11 is 0. The van der Waals surface area contributed by atoms with Crippen molar-refractivity contribution in [2.75, 3.05) is 7.11 Å². The van der Waals surface area contributed by atoms with Gasteiger partial charge in [0.05, 0.1) is 24.8 Å². The van der Waals surface area contributed by atoms with Crippen molar-refractivity contribution in [1.29, 1.82) is 0 Å². The molecule has 0 radical (unpaired) electrons. The summed E-state index contributed by atoms with van der Waals surface area (Å²) in [6, 6.07) is 9.18. The highest BCUT2D eigenvalue weighted by Crippen LogP contribution is 2.29. The smallest absolute Gasteiger partial charge is 0.417 e. The molecular formula is C20H16F3N5O3. The summed E-state index contributed by atoms with van der Waals surface area (Å²) < 4.78 is 46.5. The molecule has 0 bridgehead atoms. The van der Waals surface area contributed by atoms with Gasteiger partial charge in [0.1, 0.15) is 6.54 Å². The van der Waals surface area contributed by atoms with Crippen LogP contribution in [0.25, 0.3) is 16.6 Å². The lowest BCUT2D eigenvalue weighted by Gasteiger charge is -2.09. The van der Waals surface area contributed by atoms with Crippen molar-refractivity contribution in [1.82, 2.24) is 24.5 Å². The van der Waals surface area contributed by atoms with E-state index in [1.165, 1.54) is 23.8 Å². The largest absolute Gasteiger partial charge is 0.465 e. The molecular weight excluding hydrogens is 415 g/mol. The number of methoxy groups -OCH3 is 1. The van der Waals surface area contributed by atoms with Gasteiger partial charge in [-0.3, -0.25) is 9.20 Å². The van der Waals surface area contributed by atoms with Gasteiger partial charge < -0.3 is 14.6 Å². The average Bonchev–Trinajstić information content (AvgIpc) is 3.32. The number of esters is 1. The van der Waals surface area contributed by atoms with Crippen LogP contribution in [0.1, 0.15) is 21.7 Å². The zero-order valence-electron chi connectivity index (χ0n) is 16.2. The number of ether oxygens (including phenoxy) is 1. The van der Waals surface area contributed by atoms with Crippen molar-refractivity contribution in [3.63, 3.8) is 0 Å². The fraction of sp³-hybridized carbons (Fsp3) is 0.200. The Morgan fingerprint density at radius 2 is 1.87 bits per heavy atom. The maximum atomic E-state index is 13.0. The number of fused-ring (bicyclic) bond motifs is 2. The van der Waals surface area contributed by atoms with Gasteiger partial charge in [0.15, 0.2) is 11.5 Å². The Bertz CT molecular complexity index is 1290. The fourth-order valence-corrected chi connectivity index (χ4v) is 3.26. The van der Waals surface area contributed by atoms with Gasteiger partial charge in [0, 0.05) is 23.3 Å². The molecule has 0 unspecified atom stereocenters. The van der Waals surface area contributed by atoms with Crippen molar-refractivity contribution < 1.29 is 27.5 Å². The van der Waals surface area contributed by atoms with Crippen molar-refractivity contribution in [3.05, 3.63) is 65.7 Å². The maximum absolute atomic E-state index is 13.0. The third kappa shape index (κ3) is 3.93. The molecule has 0 spiro atoms. The number of alkyl halides is 3. The zero-order valence-corrected chi connectivity index (χ0v) is 16.2. The molecule has 1 amide bonds. The lowest BCUT2D eigenvalue weighted by Crippen LogP contribution is -2.27. The topological polar surface area (TPSA) is 90.5 Å². The molecule has 160 valence electrons. The van der Waals surface area contributed by atoms with E-state index in [0.29, 0.717) is 16.5 Å². The van der Waals surface area contributed by atoms with Gasteiger partial charge in [-0.15, -0.1) is 10.2 Å². The van der Waals surface area contributed by atoms with Crippen molar-refractivity contribution in [3.8, 4) is 0 Å². The predicted octanol–water partition coefficient (Wildman–Crippen LogP) is 2.81. The number of benzene rings is 1. The van der Waals surface area contributed by atoms with Crippen molar-refractivity contribution >= 4 is 28.4 Å². The molecule has 3 heterocycles. The summed E-state index contributed by atoms with van der Waals surface area (Å²) in [6.45, 7) is -0.230. The molecule has 0 aliphatic rings. The first-order valence-electron chi connectivity index (χ1n) is 9.11. The van der Waals surface area contributed by atoms with Crippen LogP contribution in [0.5, 0.6) is 0 Å². The minimum absolute atomic E-state index is 0.109. The monoisotopic (exact) mass is 431 g/mol. The zero-order chi connectivity index (χ0) is 22.2. The minimum atomic E-state index is -4.51. The Kier molecular flexibility index (Phi) is 5.09. The standard InChI is InChI=1S/C20H16F3N5O3/c1-31-19(30)14-10-27(15-5-3-2-4-13(14)15)11-18(29)24-8-17-26-25-16-7-6-12(9-28(16)17)20(21,22)23/h2-7,9-10H,8,11H2,1H3,(H,24,29). The number of para-hydroxylation sites is 1. The van der Waals surface area contributed by atoms with Gasteiger partial charge >= 0.3 is 12.1 Å². The number of aromatic nitrogens is 4. The van der Waals surface area contributed by atoms with Gasteiger partial charge in [0.2, 0.25) is 5.91 Å². The fourth-order valence-electron chi connectivity index (χ4n) is 3.26. The number of carbonyl (C=O) groups excluding carboxylic acids is 2. The Labute approximate surface area is 173 Å². The van der Waals surface area contributed by atoms with E-state index >= 15 is 0 Å². The number of nitrogens with one attached hydrogen (secondary N) is 1. The number of amides is 1. The Morgan fingerprint density at radius 1 is 1.10 bits per heavy atom.